The lowest BCUT2D eigenvalue weighted by molar-refractivity contribution is 0.0507. The highest BCUT2D eigenvalue weighted by molar-refractivity contribution is 6.31. The second kappa shape index (κ2) is 9.05. The number of rotatable bonds is 5. The van der Waals surface area contributed by atoms with E-state index in [1.54, 1.807) is 17.0 Å². The predicted molar refractivity (Wildman–Crippen MR) is 104 cm³/mol. The van der Waals surface area contributed by atoms with Gasteiger partial charge in [0.05, 0.1) is 11.1 Å². The number of amides is 1. The first-order valence-corrected chi connectivity index (χ1v) is 9.45. The molecule has 0 spiro atoms. The molecule has 1 aromatic heterocycles. The molecule has 1 amide bonds. The van der Waals surface area contributed by atoms with Gasteiger partial charge in [-0.1, -0.05) is 11.6 Å². The summed E-state index contributed by atoms with van der Waals surface area (Å²) in [6, 6.07) is 5.99. The van der Waals surface area contributed by atoms with Crippen LogP contribution in [-0.2, 0) is 4.74 Å². The molecule has 2 aromatic rings. The van der Waals surface area contributed by atoms with Crippen molar-refractivity contribution in [3.05, 3.63) is 41.4 Å². The Labute approximate surface area is 167 Å². The van der Waals surface area contributed by atoms with E-state index in [0.29, 0.717) is 43.3 Å². The van der Waals surface area contributed by atoms with Crippen molar-refractivity contribution in [1.29, 1.82) is 0 Å². The van der Waals surface area contributed by atoms with Gasteiger partial charge in [-0.25, -0.2) is 19.2 Å². The normalized spacial score (nSPS) is 14.8. The van der Waals surface area contributed by atoms with Crippen LogP contribution in [0.1, 0.15) is 26.7 Å². The summed E-state index contributed by atoms with van der Waals surface area (Å²) in [4.78, 5) is 21.9. The Morgan fingerprint density at radius 1 is 1.29 bits per heavy atom. The zero-order chi connectivity index (χ0) is 20.1. The Hall–Kier alpha value is -2.61. The van der Waals surface area contributed by atoms with Crippen LogP contribution in [0.2, 0.25) is 5.02 Å². The fourth-order valence-corrected chi connectivity index (χ4v) is 2.98. The van der Waals surface area contributed by atoms with Crippen LogP contribution in [0, 0.1) is 5.82 Å². The van der Waals surface area contributed by atoms with Crippen molar-refractivity contribution in [2.24, 2.45) is 0 Å². The van der Waals surface area contributed by atoms with Crippen molar-refractivity contribution >= 4 is 29.2 Å². The molecular formula is C19H22ClFN4O3. The number of likely N-dealkylation sites (tertiary alicyclic amines) is 1. The molecule has 1 N–H and O–H groups in total. The number of hydrogen-bond acceptors (Lipinski definition) is 6. The molecule has 2 heterocycles. The number of carbonyl (C=O) groups excluding carboxylic acids is 1. The lowest BCUT2D eigenvalue weighted by Crippen LogP contribution is -2.42. The van der Waals surface area contributed by atoms with E-state index in [-0.39, 0.29) is 23.3 Å². The maximum atomic E-state index is 13.3. The monoisotopic (exact) mass is 408 g/mol. The van der Waals surface area contributed by atoms with Crippen LogP contribution >= 0.6 is 11.6 Å². The molecule has 0 aliphatic carbocycles. The van der Waals surface area contributed by atoms with Gasteiger partial charge in [-0.15, -0.1) is 0 Å². The molecule has 0 bridgehead atoms. The van der Waals surface area contributed by atoms with E-state index in [1.165, 1.54) is 18.5 Å². The van der Waals surface area contributed by atoms with E-state index in [0.717, 1.165) is 0 Å². The maximum Gasteiger partial charge on any atom is 0.410 e. The van der Waals surface area contributed by atoms with Gasteiger partial charge in [-0.3, -0.25) is 0 Å². The van der Waals surface area contributed by atoms with Gasteiger partial charge in [-0.2, -0.15) is 0 Å². The number of nitrogens with zero attached hydrogens (tertiary/aromatic N) is 3. The highest BCUT2D eigenvalue weighted by Crippen LogP contribution is 2.24. The summed E-state index contributed by atoms with van der Waals surface area (Å²) in [7, 11) is 0. The number of halogens is 2. The van der Waals surface area contributed by atoms with Crippen LogP contribution in [0.5, 0.6) is 5.88 Å². The third-order valence-electron chi connectivity index (χ3n) is 4.16. The number of aromatic nitrogens is 2. The number of carbonyl (C=O) groups is 1. The Balaban J connectivity index is 1.55. The molecule has 1 fully saturated rings. The van der Waals surface area contributed by atoms with Crippen LogP contribution in [-0.4, -0.2) is 46.3 Å². The number of nitrogens with one attached hydrogen (secondary N) is 1. The van der Waals surface area contributed by atoms with Crippen molar-refractivity contribution < 1.29 is 18.7 Å². The summed E-state index contributed by atoms with van der Waals surface area (Å²) in [6.07, 6.45) is 2.29. The summed E-state index contributed by atoms with van der Waals surface area (Å²) in [5, 5.41) is 3.06. The van der Waals surface area contributed by atoms with Gasteiger partial charge in [-0.05, 0) is 32.0 Å². The molecule has 0 unspecified atom stereocenters. The Kier molecular flexibility index (Phi) is 6.51. The number of hydrogen-bond donors (Lipinski definition) is 1. The first-order valence-electron chi connectivity index (χ1n) is 9.07. The summed E-state index contributed by atoms with van der Waals surface area (Å²) in [5.74, 6) is 0.446. The summed E-state index contributed by atoms with van der Waals surface area (Å²) in [6.45, 7) is 4.80. The average molecular weight is 409 g/mol. The maximum absolute atomic E-state index is 13.3. The predicted octanol–water partition coefficient (Wildman–Crippen LogP) is 4.40. The summed E-state index contributed by atoms with van der Waals surface area (Å²) in [5.41, 5.74) is 0.605. The van der Waals surface area contributed by atoms with Crippen LogP contribution in [0.15, 0.2) is 30.6 Å². The molecule has 1 saturated heterocycles. The molecule has 150 valence electrons. The number of benzene rings is 1. The van der Waals surface area contributed by atoms with Crippen LogP contribution < -0.4 is 10.1 Å². The van der Waals surface area contributed by atoms with E-state index in [2.05, 4.69) is 15.3 Å². The fraction of sp³-hybridized carbons (Fsp3) is 0.421. The summed E-state index contributed by atoms with van der Waals surface area (Å²) < 4.78 is 24.4. The van der Waals surface area contributed by atoms with E-state index in [1.807, 2.05) is 13.8 Å². The number of piperidine rings is 1. The van der Waals surface area contributed by atoms with E-state index < -0.39 is 5.82 Å². The van der Waals surface area contributed by atoms with Gasteiger partial charge < -0.3 is 19.7 Å². The first-order chi connectivity index (χ1) is 13.4. The Bertz CT molecular complexity index is 829. The lowest BCUT2D eigenvalue weighted by atomic mass is 10.1. The minimum Gasteiger partial charge on any atom is -0.474 e. The standard InChI is InChI=1S/C19H22ClFN4O3/c1-12(2)27-19(26)25-7-5-14(6-8-25)28-18-10-17(22-11-23-18)24-13-3-4-16(21)15(20)9-13/h3-4,9-12,14H,5-8H2,1-2H3,(H,22,23,24). The molecular weight excluding hydrogens is 387 g/mol. The van der Waals surface area contributed by atoms with Gasteiger partial charge in [0.15, 0.2) is 0 Å². The minimum absolute atomic E-state index is 0.0262. The van der Waals surface area contributed by atoms with Gasteiger partial charge in [0, 0.05) is 37.7 Å². The third kappa shape index (κ3) is 5.45. The van der Waals surface area contributed by atoms with Crippen molar-refractivity contribution in [2.45, 2.75) is 38.9 Å². The lowest BCUT2D eigenvalue weighted by Gasteiger charge is -2.31. The quantitative estimate of drug-likeness (QED) is 0.790. The molecule has 28 heavy (non-hydrogen) atoms. The largest absolute Gasteiger partial charge is 0.474 e. The first kappa shape index (κ1) is 20.1. The highest BCUT2D eigenvalue weighted by atomic mass is 35.5. The molecule has 0 radical (unpaired) electrons. The average Bonchev–Trinajstić information content (AvgIpc) is 2.65. The van der Waals surface area contributed by atoms with Crippen molar-refractivity contribution in [1.82, 2.24) is 14.9 Å². The molecule has 0 atom stereocenters. The highest BCUT2D eigenvalue weighted by Gasteiger charge is 2.25. The molecule has 0 saturated carbocycles. The van der Waals surface area contributed by atoms with Gasteiger partial charge in [0.25, 0.3) is 0 Å². The number of ether oxygens (including phenoxy) is 2. The summed E-state index contributed by atoms with van der Waals surface area (Å²) >= 11 is 5.79. The van der Waals surface area contributed by atoms with E-state index in [9.17, 15) is 9.18 Å². The van der Waals surface area contributed by atoms with E-state index in [4.69, 9.17) is 21.1 Å². The van der Waals surface area contributed by atoms with Crippen molar-refractivity contribution in [3.8, 4) is 5.88 Å². The second-order valence-electron chi connectivity index (χ2n) is 6.73. The van der Waals surface area contributed by atoms with Crippen molar-refractivity contribution in [3.63, 3.8) is 0 Å². The smallest absolute Gasteiger partial charge is 0.410 e. The van der Waals surface area contributed by atoms with Crippen molar-refractivity contribution in [2.75, 3.05) is 18.4 Å². The van der Waals surface area contributed by atoms with Gasteiger partial charge in [0.1, 0.15) is 24.1 Å². The molecule has 1 aromatic carbocycles. The number of anilines is 2. The van der Waals surface area contributed by atoms with Gasteiger partial charge >= 0.3 is 6.09 Å². The molecule has 1 aliphatic heterocycles. The van der Waals surface area contributed by atoms with E-state index >= 15 is 0 Å². The molecule has 3 rings (SSSR count). The Morgan fingerprint density at radius 2 is 2.04 bits per heavy atom. The molecule has 1 aliphatic rings. The topological polar surface area (TPSA) is 76.6 Å². The second-order valence-corrected chi connectivity index (χ2v) is 7.14. The third-order valence-corrected chi connectivity index (χ3v) is 4.45. The Morgan fingerprint density at radius 3 is 2.71 bits per heavy atom. The fourth-order valence-electron chi connectivity index (χ4n) is 2.80. The van der Waals surface area contributed by atoms with Crippen LogP contribution in [0.25, 0.3) is 0 Å². The zero-order valence-electron chi connectivity index (χ0n) is 15.7. The zero-order valence-corrected chi connectivity index (χ0v) is 16.4. The minimum atomic E-state index is -0.484. The SMILES string of the molecule is CC(C)OC(=O)N1CCC(Oc2cc(Nc3ccc(F)c(Cl)c3)ncn2)CC1. The van der Waals surface area contributed by atoms with Crippen LogP contribution in [0.3, 0.4) is 0 Å². The van der Waals surface area contributed by atoms with Gasteiger partial charge in [0.2, 0.25) is 5.88 Å². The van der Waals surface area contributed by atoms with Crippen LogP contribution in [0.4, 0.5) is 20.7 Å². The molecule has 9 heteroatoms. The molecule has 7 nitrogen and oxygen atoms in total.